The van der Waals surface area contributed by atoms with Crippen molar-refractivity contribution < 1.29 is 14.4 Å². The summed E-state index contributed by atoms with van der Waals surface area (Å²) >= 11 is 0. The Bertz CT molecular complexity index is 753. The largest absolute Gasteiger partial charge is 0.497 e. The number of carbonyl (C=O) groups excluding carboxylic acids is 1. The molecule has 2 aromatic carbocycles. The zero-order chi connectivity index (χ0) is 20.6. The van der Waals surface area contributed by atoms with E-state index in [9.17, 15) is 4.79 Å². The lowest BCUT2D eigenvalue weighted by molar-refractivity contribution is -0.892. The molecular weight excluding hydrogens is 362 g/mol. The molecule has 0 saturated carbocycles. The predicted molar refractivity (Wildman–Crippen MR) is 118 cm³/mol. The standard InChI is InChI=1S/C24H33N3O2/c1-19(2)17-23(20-7-5-4-6-8-20)25-24(28)18-26-13-15-27(16-14-26)21-9-11-22(29-3)12-10-21/h4-12,19,23H,13-18H2,1-3H3,(H,25,28)/p+1/t23-/m1/s1. The first-order chi connectivity index (χ1) is 14.0. The van der Waals surface area contributed by atoms with E-state index in [-0.39, 0.29) is 11.9 Å². The van der Waals surface area contributed by atoms with Gasteiger partial charge in [0.25, 0.3) is 5.91 Å². The predicted octanol–water partition coefficient (Wildman–Crippen LogP) is 2.30. The van der Waals surface area contributed by atoms with Crippen LogP contribution in [0.4, 0.5) is 5.69 Å². The van der Waals surface area contributed by atoms with E-state index in [1.165, 1.54) is 16.2 Å². The maximum absolute atomic E-state index is 12.7. The monoisotopic (exact) mass is 396 g/mol. The molecule has 1 amide bonds. The number of quaternary nitrogens is 1. The average Bonchev–Trinajstić information content (AvgIpc) is 2.74. The van der Waals surface area contributed by atoms with Crippen LogP contribution in [0.5, 0.6) is 5.75 Å². The number of carbonyl (C=O) groups is 1. The van der Waals surface area contributed by atoms with E-state index in [4.69, 9.17) is 4.74 Å². The van der Waals surface area contributed by atoms with Gasteiger partial charge in [-0.25, -0.2) is 0 Å². The molecule has 0 bridgehead atoms. The summed E-state index contributed by atoms with van der Waals surface area (Å²) in [6.07, 6.45) is 0.955. The van der Waals surface area contributed by atoms with Crippen LogP contribution in [0.3, 0.4) is 0 Å². The number of hydrogen-bond donors (Lipinski definition) is 2. The third-order valence-electron chi connectivity index (χ3n) is 5.56. The van der Waals surface area contributed by atoms with Crippen LogP contribution >= 0.6 is 0 Å². The highest BCUT2D eigenvalue weighted by atomic mass is 16.5. The summed E-state index contributed by atoms with van der Waals surface area (Å²) in [7, 11) is 1.69. The molecule has 0 unspecified atom stereocenters. The highest BCUT2D eigenvalue weighted by molar-refractivity contribution is 5.77. The molecule has 1 saturated heterocycles. The van der Waals surface area contributed by atoms with E-state index >= 15 is 0 Å². The van der Waals surface area contributed by atoms with Crippen molar-refractivity contribution in [2.24, 2.45) is 5.92 Å². The molecule has 3 rings (SSSR count). The van der Waals surface area contributed by atoms with E-state index in [2.05, 4.69) is 48.3 Å². The number of benzene rings is 2. The van der Waals surface area contributed by atoms with Gasteiger partial charge in [0, 0.05) is 5.69 Å². The van der Waals surface area contributed by atoms with Gasteiger partial charge in [-0.2, -0.15) is 0 Å². The Kier molecular flexibility index (Phi) is 7.53. The van der Waals surface area contributed by atoms with Crippen molar-refractivity contribution in [2.75, 3.05) is 44.7 Å². The minimum atomic E-state index is 0.0867. The average molecular weight is 397 g/mol. The van der Waals surface area contributed by atoms with Gasteiger partial charge in [-0.3, -0.25) is 4.79 Å². The topological polar surface area (TPSA) is 46.0 Å². The van der Waals surface area contributed by atoms with Crippen LogP contribution in [0, 0.1) is 5.92 Å². The highest BCUT2D eigenvalue weighted by Crippen LogP contribution is 2.21. The Morgan fingerprint density at radius 2 is 1.72 bits per heavy atom. The lowest BCUT2D eigenvalue weighted by Gasteiger charge is -2.33. The van der Waals surface area contributed by atoms with Crippen molar-refractivity contribution in [1.82, 2.24) is 5.32 Å². The summed E-state index contributed by atoms with van der Waals surface area (Å²) in [5.41, 5.74) is 2.41. The summed E-state index contributed by atoms with van der Waals surface area (Å²) in [6.45, 7) is 8.81. The quantitative estimate of drug-likeness (QED) is 0.720. The number of amides is 1. The molecule has 0 aliphatic carbocycles. The molecule has 2 N–H and O–H groups in total. The second-order valence-electron chi connectivity index (χ2n) is 8.27. The molecule has 0 spiro atoms. The number of ether oxygens (including phenoxy) is 1. The first-order valence-electron chi connectivity index (χ1n) is 10.6. The zero-order valence-corrected chi connectivity index (χ0v) is 17.9. The van der Waals surface area contributed by atoms with E-state index in [0.717, 1.165) is 38.3 Å². The van der Waals surface area contributed by atoms with Crippen LogP contribution < -0.4 is 19.9 Å². The van der Waals surface area contributed by atoms with Crippen LogP contribution in [0.25, 0.3) is 0 Å². The summed E-state index contributed by atoms with van der Waals surface area (Å²) in [4.78, 5) is 16.5. The third kappa shape index (κ3) is 6.23. The number of rotatable bonds is 8. The summed E-state index contributed by atoms with van der Waals surface area (Å²) in [6, 6.07) is 18.6. The molecule has 1 heterocycles. The Hall–Kier alpha value is -2.53. The maximum Gasteiger partial charge on any atom is 0.275 e. The molecular formula is C24H34N3O2+. The molecule has 1 atom stereocenters. The number of methoxy groups -OCH3 is 1. The normalized spacial score (nSPS) is 15.9. The zero-order valence-electron chi connectivity index (χ0n) is 17.9. The second-order valence-corrected chi connectivity index (χ2v) is 8.27. The Morgan fingerprint density at radius 3 is 2.31 bits per heavy atom. The van der Waals surface area contributed by atoms with Crippen LogP contribution in [-0.4, -0.2) is 45.7 Å². The first kappa shape index (κ1) is 21.2. The van der Waals surface area contributed by atoms with Crippen molar-refractivity contribution in [2.45, 2.75) is 26.3 Å². The molecule has 5 nitrogen and oxygen atoms in total. The van der Waals surface area contributed by atoms with Gasteiger partial charge in [0.2, 0.25) is 0 Å². The van der Waals surface area contributed by atoms with Crippen LogP contribution in [0.15, 0.2) is 54.6 Å². The minimum absolute atomic E-state index is 0.0867. The number of nitrogens with one attached hydrogen (secondary N) is 2. The second kappa shape index (κ2) is 10.3. The molecule has 1 fully saturated rings. The molecule has 2 aromatic rings. The van der Waals surface area contributed by atoms with Gasteiger partial charge in [-0.1, -0.05) is 44.2 Å². The lowest BCUT2D eigenvalue weighted by atomic mass is 9.97. The molecule has 0 aromatic heterocycles. The number of nitrogens with zero attached hydrogens (tertiary/aromatic N) is 1. The smallest absolute Gasteiger partial charge is 0.275 e. The highest BCUT2D eigenvalue weighted by Gasteiger charge is 2.24. The fourth-order valence-corrected chi connectivity index (χ4v) is 3.96. The molecule has 0 radical (unpaired) electrons. The van der Waals surface area contributed by atoms with Crippen molar-refractivity contribution in [3.8, 4) is 5.75 Å². The lowest BCUT2D eigenvalue weighted by Crippen LogP contribution is -3.16. The molecule has 156 valence electrons. The fourth-order valence-electron chi connectivity index (χ4n) is 3.96. The Labute approximate surface area is 174 Å². The Balaban J connectivity index is 1.50. The van der Waals surface area contributed by atoms with Crippen LogP contribution in [0.2, 0.25) is 0 Å². The van der Waals surface area contributed by atoms with Gasteiger partial charge in [-0.15, -0.1) is 0 Å². The van der Waals surface area contributed by atoms with Crippen LogP contribution in [0.1, 0.15) is 31.9 Å². The van der Waals surface area contributed by atoms with Gasteiger partial charge in [0.15, 0.2) is 6.54 Å². The SMILES string of the molecule is COc1ccc(N2CC[NH+](CC(=O)N[C@H](CC(C)C)c3ccccc3)CC2)cc1. The molecule has 1 aliphatic heterocycles. The molecule has 29 heavy (non-hydrogen) atoms. The van der Waals surface area contributed by atoms with E-state index in [1.54, 1.807) is 7.11 Å². The summed E-state index contributed by atoms with van der Waals surface area (Å²) in [5, 5.41) is 3.28. The number of hydrogen-bond acceptors (Lipinski definition) is 3. The Morgan fingerprint density at radius 1 is 1.07 bits per heavy atom. The first-order valence-corrected chi connectivity index (χ1v) is 10.6. The van der Waals surface area contributed by atoms with Gasteiger partial charge in [0.1, 0.15) is 5.75 Å². The van der Waals surface area contributed by atoms with E-state index < -0.39 is 0 Å². The van der Waals surface area contributed by atoms with Crippen LogP contribution in [-0.2, 0) is 4.79 Å². The third-order valence-corrected chi connectivity index (χ3v) is 5.56. The van der Waals surface area contributed by atoms with Gasteiger partial charge < -0.3 is 19.9 Å². The number of piperazine rings is 1. The van der Waals surface area contributed by atoms with Crippen molar-refractivity contribution >= 4 is 11.6 Å². The molecule has 5 heteroatoms. The fraction of sp³-hybridized carbons (Fsp3) is 0.458. The minimum Gasteiger partial charge on any atom is -0.497 e. The number of anilines is 1. The van der Waals surface area contributed by atoms with E-state index in [0.29, 0.717) is 12.5 Å². The van der Waals surface area contributed by atoms with Crippen molar-refractivity contribution in [3.05, 3.63) is 60.2 Å². The summed E-state index contributed by atoms with van der Waals surface area (Å²) in [5.74, 6) is 1.55. The maximum atomic E-state index is 12.7. The van der Waals surface area contributed by atoms with E-state index in [1.807, 2.05) is 30.3 Å². The van der Waals surface area contributed by atoms with Gasteiger partial charge >= 0.3 is 0 Å². The summed E-state index contributed by atoms with van der Waals surface area (Å²) < 4.78 is 5.24. The van der Waals surface area contributed by atoms with Crippen molar-refractivity contribution in [1.29, 1.82) is 0 Å². The van der Waals surface area contributed by atoms with Gasteiger partial charge in [0.05, 0.1) is 39.3 Å². The van der Waals surface area contributed by atoms with Gasteiger partial charge in [-0.05, 0) is 42.2 Å². The van der Waals surface area contributed by atoms with Crippen molar-refractivity contribution in [3.63, 3.8) is 0 Å². The molecule has 1 aliphatic rings.